The number of furan rings is 2. The summed E-state index contributed by atoms with van der Waals surface area (Å²) in [5.41, 5.74) is 20.0. The van der Waals surface area contributed by atoms with Crippen LogP contribution in [-0.4, -0.2) is 10.1 Å². The predicted octanol–water partition coefficient (Wildman–Crippen LogP) is 17.0. The van der Waals surface area contributed by atoms with Gasteiger partial charge >= 0.3 is 0 Å². The van der Waals surface area contributed by atoms with Crippen molar-refractivity contribution >= 4 is 83.3 Å². The summed E-state index contributed by atoms with van der Waals surface area (Å²) in [5.74, 6) is -0.0122. The van der Waals surface area contributed by atoms with Crippen molar-refractivity contribution in [1.82, 2.24) is 4.57 Å². The van der Waals surface area contributed by atoms with Crippen molar-refractivity contribution in [3.8, 4) is 5.69 Å². The van der Waals surface area contributed by atoms with Crippen LogP contribution in [0.1, 0.15) is 120 Å². The van der Waals surface area contributed by atoms with E-state index in [0.29, 0.717) is 0 Å². The van der Waals surface area contributed by atoms with E-state index < -0.39 is 0 Å². The molecule has 3 atom stereocenters. The maximum atomic E-state index is 7.07. The molecule has 3 aliphatic heterocycles. The van der Waals surface area contributed by atoms with Crippen LogP contribution in [0, 0.1) is 0 Å². The zero-order valence-corrected chi connectivity index (χ0v) is 39.3. The Hall–Kier alpha value is -6.72. The molecule has 66 heavy (non-hydrogen) atoms. The molecule has 0 amide bonds. The van der Waals surface area contributed by atoms with E-state index in [2.05, 4.69) is 203 Å². The second kappa shape index (κ2) is 12.6. The molecule has 14 rings (SSSR count). The molecule has 6 heterocycles. The minimum atomic E-state index is -0.157. The minimum absolute atomic E-state index is 0.0122. The summed E-state index contributed by atoms with van der Waals surface area (Å²) in [6.45, 7) is 19.2. The molecule has 0 N–H and O–H groups in total. The minimum Gasteiger partial charge on any atom is -0.456 e. The van der Waals surface area contributed by atoms with Crippen LogP contribution in [0.25, 0.3) is 60.6 Å². The van der Waals surface area contributed by atoms with Crippen LogP contribution >= 0.6 is 0 Å². The molecule has 1 saturated carbocycles. The average Bonchev–Trinajstić information content (AvgIpc) is 4.02. The Morgan fingerprint density at radius 1 is 0.530 bits per heavy atom. The van der Waals surface area contributed by atoms with Crippen LogP contribution in [-0.2, 0) is 16.2 Å². The molecule has 5 nitrogen and oxygen atoms in total. The highest BCUT2D eigenvalue weighted by atomic mass is 16.3. The summed E-state index contributed by atoms with van der Waals surface area (Å²) in [4.78, 5) is 5.39. The Labute approximate surface area is 386 Å². The summed E-state index contributed by atoms with van der Waals surface area (Å²) in [5, 5.41) is 5.83. The maximum Gasteiger partial charge on any atom is 0.213 e. The van der Waals surface area contributed by atoms with Gasteiger partial charge in [-0.2, -0.15) is 0 Å². The standard InChI is InChI=1S/C61H55N3O2/c1-58(2,3)35-26-28-44-43(31-35)60(7)29-13-14-30-61(60,8)64(44)37-33-47-55-48(34-37)63-56-41(19-15-20-42(56)53-39-17-9-12-23-50(39)66-57(53)63)52(55)38-27-25-36(59(4,5)6)32-46(38)62(47)45-21-16-24-51-54(45)40-18-10-11-22-49(40)65-51/h9-12,15-28,31-34,52H,13-14,29-30H2,1-8H3. The van der Waals surface area contributed by atoms with Gasteiger partial charge in [-0.15, -0.1) is 0 Å². The van der Waals surface area contributed by atoms with Crippen molar-refractivity contribution in [3.63, 3.8) is 0 Å². The summed E-state index contributed by atoms with van der Waals surface area (Å²) in [7, 11) is 0. The van der Waals surface area contributed by atoms with Crippen molar-refractivity contribution in [2.75, 3.05) is 9.80 Å². The van der Waals surface area contributed by atoms with Crippen LogP contribution in [0.3, 0.4) is 0 Å². The normalized spacial score (nSPS) is 21.0. The van der Waals surface area contributed by atoms with E-state index in [1.54, 1.807) is 0 Å². The molecular formula is C61H55N3O2. The maximum absolute atomic E-state index is 7.07. The number of nitrogens with zero attached hydrogens (tertiary/aromatic N) is 3. The summed E-state index contributed by atoms with van der Waals surface area (Å²) < 4.78 is 16.3. The second-order valence-corrected chi connectivity index (χ2v) is 22.4. The van der Waals surface area contributed by atoms with Crippen molar-refractivity contribution in [2.45, 2.75) is 109 Å². The van der Waals surface area contributed by atoms with Gasteiger partial charge in [0.25, 0.3) is 0 Å². The van der Waals surface area contributed by atoms with Crippen molar-refractivity contribution in [2.24, 2.45) is 0 Å². The molecule has 7 aromatic carbocycles. The molecule has 0 spiro atoms. The zero-order valence-electron chi connectivity index (χ0n) is 39.3. The van der Waals surface area contributed by atoms with Crippen LogP contribution < -0.4 is 9.80 Å². The molecule has 5 heteroatoms. The lowest BCUT2D eigenvalue weighted by Gasteiger charge is -2.51. The van der Waals surface area contributed by atoms with Gasteiger partial charge in [0.1, 0.15) is 16.7 Å². The Morgan fingerprint density at radius 2 is 1.18 bits per heavy atom. The fourth-order valence-electron chi connectivity index (χ4n) is 13.3. The number of aromatic nitrogens is 1. The Bertz CT molecular complexity index is 3750. The van der Waals surface area contributed by atoms with Gasteiger partial charge in [-0.3, -0.25) is 4.57 Å². The van der Waals surface area contributed by atoms with Crippen molar-refractivity contribution in [3.05, 3.63) is 167 Å². The SMILES string of the molecule is CC(C)(C)c1ccc2c(c1)N(c1cccc3oc4ccccc4c13)c1cc(N3c4ccc(C(C)(C)C)cc4C4(C)CCCCC34C)cc3c1C2c1cccc2c4c5ccccc5oc4n-3c12. The van der Waals surface area contributed by atoms with Crippen molar-refractivity contribution < 1.29 is 8.83 Å². The second-order valence-electron chi connectivity index (χ2n) is 22.4. The molecule has 326 valence electrons. The van der Waals surface area contributed by atoms with Gasteiger partial charge in [-0.1, -0.05) is 146 Å². The zero-order chi connectivity index (χ0) is 44.8. The first-order valence-electron chi connectivity index (χ1n) is 24.2. The first-order valence-corrected chi connectivity index (χ1v) is 24.2. The number of rotatable bonds is 2. The molecule has 0 bridgehead atoms. The fourth-order valence-corrected chi connectivity index (χ4v) is 13.3. The number of para-hydroxylation sites is 3. The summed E-state index contributed by atoms with van der Waals surface area (Å²) in [6.07, 6.45) is 4.72. The quantitative estimate of drug-likeness (QED) is 0.174. The monoisotopic (exact) mass is 861 g/mol. The molecule has 1 fully saturated rings. The fraction of sp³-hybridized carbons (Fsp3) is 0.279. The molecule has 4 aliphatic rings. The topological polar surface area (TPSA) is 37.7 Å². The summed E-state index contributed by atoms with van der Waals surface area (Å²) in [6, 6.07) is 50.6. The largest absolute Gasteiger partial charge is 0.456 e. The third kappa shape index (κ3) is 4.76. The first-order chi connectivity index (χ1) is 31.7. The Kier molecular flexibility index (Phi) is 7.35. The molecule has 3 unspecified atom stereocenters. The van der Waals surface area contributed by atoms with Crippen LogP contribution in [0.2, 0.25) is 0 Å². The lowest BCUT2D eigenvalue weighted by atomic mass is 9.61. The van der Waals surface area contributed by atoms with Crippen LogP contribution in [0.5, 0.6) is 0 Å². The number of hydrogen-bond acceptors (Lipinski definition) is 4. The third-order valence-electron chi connectivity index (χ3n) is 16.8. The highest BCUT2D eigenvalue weighted by molar-refractivity contribution is 6.22. The van der Waals surface area contributed by atoms with E-state index in [-0.39, 0.29) is 27.7 Å². The number of hydrogen-bond donors (Lipinski definition) is 0. The van der Waals surface area contributed by atoms with Gasteiger partial charge in [0.05, 0.1) is 44.6 Å². The van der Waals surface area contributed by atoms with Gasteiger partial charge in [0, 0.05) is 44.4 Å². The predicted molar refractivity (Wildman–Crippen MR) is 274 cm³/mol. The highest BCUT2D eigenvalue weighted by Crippen LogP contribution is 2.65. The van der Waals surface area contributed by atoms with Gasteiger partial charge in [-0.25, -0.2) is 0 Å². The number of fused-ring (bicyclic) bond motifs is 15. The highest BCUT2D eigenvalue weighted by Gasteiger charge is 2.58. The lowest BCUT2D eigenvalue weighted by Crippen LogP contribution is -2.54. The molecular weight excluding hydrogens is 807 g/mol. The van der Waals surface area contributed by atoms with E-state index in [1.165, 1.54) is 90.9 Å². The van der Waals surface area contributed by atoms with Crippen LogP contribution in [0.15, 0.2) is 142 Å². The van der Waals surface area contributed by atoms with E-state index in [9.17, 15) is 0 Å². The van der Waals surface area contributed by atoms with E-state index in [1.807, 2.05) is 0 Å². The Balaban J connectivity index is 1.16. The molecule has 10 aromatic rings. The molecule has 1 aliphatic carbocycles. The average molecular weight is 862 g/mol. The lowest BCUT2D eigenvalue weighted by molar-refractivity contribution is 0.195. The van der Waals surface area contributed by atoms with E-state index in [0.717, 1.165) is 57.2 Å². The van der Waals surface area contributed by atoms with Crippen LogP contribution in [0.4, 0.5) is 28.4 Å². The third-order valence-corrected chi connectivity index (χ3v) is 16.8. The van der Waals surface area contributed by atoms with Gasteiger partial charge in [0.15, 0.2) is 0 Å². The molecule has 0 saturated heterocycles. The van der Waals surface area contributed by atoms with Gasteiger partial charge < -0.3 is 18.6 Å². The number of benzene rings is 7. The summed E-state index contributed by atoms with van der Waals surface area (Å²) >= 11 is 0. The smallest absolute Gasteiger partial charge is 0.213 e. The Morgan fingerprint density at radius 3 is 1.97 bits per heavy atom. The molecule has 0 radical (unpaired) electrons. The number of anilines is 5. The van der Waals surface area contributed by atoms with Gasteiger partial charge in [-0.05, 0) is 107 Å². The van der Waals surface area contributed by atoms with Gasteiger partial charge in [0.2, 0.25) is 5.71 Å². The van der Waals surface area contributed by atoms with E-state index in [4.69, 9.17) is 8.83 Å². The first kappa shape index (κ1) is 38.5. The molecule has 3 aromatic heterocycles. The van der Waals surface area contributed by atoms with Crippen molar-refractivity contribution in [1.29, 1.82) is 0 Å². The van der Waals surface area contributed by atoms with E-state index >= 15 is 0 Å².